The van der Waals surface area contributed by atoms with Crippen LogP contribution in [0.3, 0.4) is 0 Å². The van der Waals surface area contributed by atoms with Crippen molar-refractivity contribution in [2.24, 2.45) is 5.92 Å². The van der Waals surface area contributed by atoms with Crippen LogP contribution in [-0.2, 0) is 6.42 Å². The number of phenolic OH excluding ortho intramolecular Hbond substituents is 1. The third-order valence-electron chi connectivity index (χ3n) is 3.62. The van der Waals surface area contributed by atoms with Gasteiger partial charge in [0.05, 0.1) is 0 Å². The first kappa shape index (κ1) is 14.6. The van der Waals surface area contributed by atoms with Crippen LogP contribution >= 0.6 is 0 Å². The second-order valence-corrected chi connectivity index (χ2v) is 5.30. The van der Waals surface area contributed by atoms with Crippen LogP contribution in [0.4, 0.5) is 0 Å². The molecule has 0 heterocycles. The molecule has 2 atom stereocenters. The largest absolute Gasteiger partial charge is 0.508 e. The molecule has 0 aromatic heterocycles. The summed E-state index contributed by atoms with van der Waals surface area (Å²) >= 11 is 0. The first-order valence-corrected chi connectivity index (χ1v) is 7.27. The standard InChI is InChI=1S/C18H23NO/c1-3-19-18(16-9-5-4-6-10-16)14(2)12-15-8-7-11-17(20)13-15/h4-11,13-14,18-20H,3,12H2,1-2H3. The van der Waals surface area contributed by atoms with Crippen LogP contribution in [0, 0.1) is 5.92 Å². The predicted octanol–water partition coefficient (Wildman–Crippen LogP) is 3.92. The summed E-state index contributed by atoms with van der Waals surface area (Å²) in [6.45, 7) is 5.34. The van der Waals surface area contributed by atoms with Gasteiger partial charge in [0.2, 0.25) is 0 Å². The Labute approximate surface area is 121 Å². The van der Waals surface area contributed by atoms with Crippen LogP contribution in [0.2, 0.25) is 0 Å². The maximum Gasteiger partial charge on any atom is 0.115 e. The Morgan fingerprint density at radius 3 is 2.45 bits per heavy atom. The number of hydrogen-bond acceptors (Lipinski definition) is 2. The molecule has 0 aliphatic rings. The lowest BCUT2D eigenvalue weighted by molar-refractivity contribution is 0.390. The fourth-order valence-corrected chi connectivity index (χ4v) is 2.70. The summed E-state index contributed by atoms with van der Waals surface area (Å²) in [6, 6.07) is 18.4. The minimum Gasteiger partial charge on any atom is -0.508 e. The number of nitrogens with one attached hydrogen (secondary N) is 1. The van der Waals surface area contributed by atoms with Crippen molar-refractivity contribution in [3.8, 4) is 5.75 Å². The van der Waals surface area contributed by atoms with E-state index in [1.54, 1.807) is 6.07 Å². The summed E-state index contributed by atoms with van der Waals surface area (Å²) in [7, 11) is 0. The minimum absolute atomic E-state index is 0.337. The summed E-state index contributed by atoms with van der Waals surface area (Å²) in [5, 5.41) is 13.1. The van der Waals surface area contributed by atoms with Gasteiger partial charge in [0.1, 0.15) is 5.75 Å². The first-order valence-electron chi connectivity index (χ1n) is 7.27. The van der Waals surface area contributed by atoms with Gasteiger partial charge in [0, 0.05) is 6.04 Å². The lowest BCUT2D eigenvalue weighted by Gasteiger charge is -2.25. The van der Waals surface area contributed by atoms with E-state index in [0.717, 1.165) is 13.0 Å². The van der Waals surface area contributed by atoms with Gasteiger partial charge in [0.15, 0.2) is 0 Å². The van der Waals surface area contributed by atoms with Crippen molar-refractivity contribution in [3.05, 3.63) is 65.7 Å². The van der Waals surface area contributed by atoms with E-state index in [-0.39, 0.29) is 0 Å². The topological polar surface area (TPSA) is 32.3 Å². The van der Waals surface area contributed by atoms with Crippen LogP contribution in [-0.4, -0.2) is 11.7 Å². The molecule has 2 nitrogen and oxygen atoms in total. The van der Waals surface area contributed by atoms with E-state index in [0.29, 0.717) is 17.7 Å². The average molecular weight is 269 g/mol. The van der Waals surface area contributed by atoms with E-state index in [1.165, 1.54) is 11.1 Å². The summed E-state index contributed by atoms with van der Waals surface area (Å²) in [5.74, 6) is 0.800. The molecule has 0 bridgehead atoms. The third kappa shape index (κ3) is 3.84. The van der Waals surface area contributed by atoms with Gasteiger partial charge in [-0.1, -0.05) is 56.3 Å². The quantitative estimate of drug-likeness (QED) is 0.833. The molecule has 106 valence electrons. The van der Waals surface area contributed by atoms with Crippen molar-refractivity contribution in [2.75, 3.05) is 6.54 Å². The Balaban J connectivity index is 2.13. The molecule has 20 heavy (non-hydrogen) atoms. The van der Waals surface area contributed by atoms with E-state index >= 15 is 0 Å². The normalized spacial score (nSPS) is 13.9. The molecular formula is C18H23NO. The molecule has 2 aromatic rings. The van der Waals surface area contributed by atoms with Crippen molar-refractivity contribution < 1.29 is 5.11 Å². The highest BCUT2D eigenvalue weighted by Crippen LogP contribution is 2.26. The molecule has 0 radical (unpaired) electrons. The van der Waals surface area contributed by atoms with Gasteiger partial charge in [0.25, 0.3) is 0 Å². The van der Waals surface area contributed by atoms with Crippen molar-refractivity contribution in [1.82, 2.24) is 5.32 Å². The molecular weight excluding hydrogens is 246 g/mol. The van der Waals surface area contributed by atoms with E-state index in [4.69, 9.17) is 0 Å². The van der Waals surface area contributed by atoms with E-state index < -0.39 is 0 Å². The lowest BCUT2D eigenvalue weighted by Crippen LogP contribution is -2.28. The van der Waals surface area contributed by atoms with Gasteiger partial charge in [-0.3, -0.25) is 0 Å². The second kappa shape index (κ2) is 7.11. The van der Waals surface area contributed by atoms with Crippen molar-refractivity contribution in [2.45, 2.75) is 26.3 Å². The van der Waals surface area contributed by atoms with Gasteiger partial charge >= 0.3 is 0 Å². The van der Waals surface area contributed by atoms with Crippen molar-refractivity contribution >= 4 is 0 Å². The van der Waals surface area contributed by atoms with E-state index in [2.05, 4.69) is 49.5 Å². The number of aromatic hydroxyl groups is 1. The number of rotatable bonds is 6. The summed E-state index contributed by atoms with van der Waals surface area (Å²) in [5.41, 5.74) is 2.50. The molecule has 2 N–H and O–H groups in total. The highest BCUT2D eigenvalue weighted by molar-refractivity contribution is 5.28. The van der Waals surface area contributed by atoms with Crippen LogP contribution in [0.25, 0.3) is 0 Å². The SMILES string of the molecule is CCNC(c1ccccc1)C(C)Cc1cccc(O)c1. The molecule has 0 saturated carbocycles. The van der Waals surface area contributed by atoms with Gasteiger partial charge < -0.3 is 10.4 Å². The molecule has 0 fully saturated rings. The monoisotopic (exact) mass is 269 g/mol. The molecule has 2 aromatic carbocycles. The molecule has 0 amide bonds. The smallest absolute Gasteiger partial charge is 0.115 e. The summed E-state index contributed by atoms with van der Waals surface area (Å²) in [6.07, 6.45) is 0.945. The Morgan fingerprint density at radius 1 is 1.05 bits per heavy atom. The third-order valence-corrected chi connectivity index (χ3v) is 3.62. The van der Waals surface area contributed by atoms with Crippen molar-refractivity contribution in [3.63, 3.8) is 0 Å². The molecule has 0 aliphatic carbocycles. The highest BCUT2D eigenvalue weighted by Gasteiger charge is 2.18. The zero-order valence-electron chi connectivity index (χ0n) is 12.2. The Morgan fingerprint density at radius 2 is 1.80 bits per heavy atom. The van der Waals surface area contributed by atoms with Crippen LogP contribution < -0.4 is 5.32 Å². The zero-order valence-corrected chi connectivity index (χ0v) is 12.2. The number of benzene rings is 2. The Bertz CT molecular complexity index is 524. The molecule has 2 rings (SSSR count). The van der Waals surface area contributed by atoms with Crippen LogP contribution in [0.15, 0.2) is 54.6 Å². The minimum atomic E-state index is 0.337. The number of hydrogen-bond donors (Lipinski definition) is 2. The summed E-state index contributed by atoms with van der Waals surface area (Å²) in [4.78, 5) is 0. The molecule has 0 aliphatic heterocycles. The van der Waals surface area contributed by atoms with Gasteiger partial charge in [-0.15, -0.1) is 0 Å². The molecule has 2 unspecified atom stereocenters. The van der Waals surface area contributed by atoms with E-state index in [1.807, 2.05) is 18.2 Å². The molecule has 2 heteroatoms. The molecule has 0 saturated heterocycles. The average Bonchev–Trinajstić information content (AvgIpc) is 2.45. The Kier molecular flexibility index (Phi) is 5.19. The van der Waals surface area contributed by atoms with Crippen molar-refractivity contribution in [1.29, 1.82) is 0 Å². The van der Waals surface area contributed by atoms with Gasteiger partial charge in [-0.2, -0.15) is 0 Å². The maximum atomic E-state index is 9.57. The van der Waals surface area contributed by atoms with E-state index in [9.17, 15) is 5.11 Å². The highest BCUT2D eigenvalue weighted by atomic mass is 16.3. The first-order chi connectivity index (χ1) is 9.70. The predicted molar refractivity (Wildman–Crippen MR) is 83.8 cm³/mol. The fourth-order valence-electron chi connectivity index (χ4n) is 2.70. The van der Waals surface area contributed by atoms with Crippen LogP contribution in [0.5, 0.6) is 5.75 Å². The number of phenols is 1. The van der Waals surface area contributed by atoms with Gasteiger partial charge in [-0.25, -0.2) is 0 Å². The summed E-state index contributed by atoms with van der Waals surface area (Å²) < 4.78 is 0. The molecule has 0 spiro atoms. The Hall–Kier alpha value is -1.80. The zero-order chi connectivity index (χ0) is 14.4. The lowest BCUT2D eigenvalue weighted by atomic mass is 9.89. The fraction of sp³-hybridized carbons (Fsp3) is 0.333. The second-order valence-electron chi connectivity index (χ2n) is 5.30. The maximum absolute atomic E-state index is 9.57. The van der Waals surface area contributed by atoms with Gasteiger partial charge in [-0.05, 0) is 42.1 Å². The van der Waals surface area contributed by atoms with Crippen LogP contribution in [0.1, 0.15) is 31.0 Å².